The van der Waals surface area contributed by atoms with Gasteiger partial charge in [-0.2, -0.15) is 5.26 Å². The molecule has 7 nitrogen and oxygen atoms in total. The molecule has 1 fully saturated rings. The van der Waals surface area contributed by atoms with Crippen LogP contribution in [0.4, 0.5) is 11.5 Å². The average molecular weight is 444 g/mol. The first kappa shape index (κ1) is 22.4. The van der Waals surface area contributed by atoms with E-state index in [1.165, 1.54) is 0 Å². The molecule has 0 radical (unpaired) electrons. The Bertz CT molecular complexity index is 1170. The van der Waals surface area contributed by atoms with Gasteiger partial charge in [0.25, 0.3) is 0 Å². The molecule has 0 aliphatic carbocycles. The Hall–Kier alpha value is -3.76. The van der Waals surface area contributed by atoms with Crippen molar-refractivity contribution in [2.75, 3.05) is 50.1 Å². The van der Waals surface area contributed by atoms with E-state index in [1.54, 1.807) is 7.11 Å². The summed E-state index contributed by atoms with van der Waals surface area (Å²) in [7, 11) is 1.67. The van der Waals surface area contributed by atoms with E-state index < -0.39 is 0 Å². The zero-order chi connectivity index (χ0) is 23.4. The number of carbonyl (C=O) groups is 1. The van der Waals surface area contributed by atoms with Crippen LogP contribution in [0, 0.1) is 25.2 Å². The van der Waals surface area contributed by atoms with E-state index in [0.717, 1.165) is 54.6 Å². The summed E-state index contributed by atoms with van der Waals surface area (Å²) >= 11 is 0. The summed E-state index contributed by atoms with van der Waals surface area (Å²) in [6, 6.07) is 20.1. The Morgan fingerprint density at radius 2 is 1.73 bits per heavy atom. The monoisotopic (exact) mass is 443 g/mol. The van der Waals surface area contributed by atoms with Crippen LogP contribution in [0.1, 0.15) is 16.8 Å². The normalized spacial score (nSPS) is 14.1. The van der Waals surface area contributed by atoms with Gasteiger partial charge in [0.15, 0.2) is 0 Å². The number of nitrogens with zero attached hydrogens (tertiary/aromatic N) is 4. The van der Waals surface area contributed by atoms with E-state index in [2.05, 4.69) is 27.3 Å². The number of hydrogen-bond acceptors (Lipinski definition) is 5. The summed E-state index contributed by atoms with van der Waals surface area (Å²) in [5, 5.41) is 12.8. The first-order valence-corrected chi connectivity index (χ1v) is 11.1. The predicted molar refractivity (Wildman–Crippen MR) is 130 cm³/mol. The standard InChI is InChI=1S/C26H29N5O2/c1-19-20(2)31(21-8-5-4-6-9-21)26(24(19)17-27)28-25(32)18-29-12-14-30(15-13-29)22-10-7-11-23(16-22)33-3/h4-11,16H,12-15,18H2,1-3H3,(H,28,32). The van der Waals surface area contributed by atoms with Crippen molar-refractivity contribution in [3.05, 3.63) is 71.4 Å². The third-order valence-electron chi connectivity index (χ3n) is 6.26. The van der Waals surface area contributed by atoms with Crippen LogP contribution in [0.25, 0.3) is 5.69 Å². The largest absolute Gasteiger partial charge is 0.497 e. The zero-order valence-corrected chi connectivity index (χ0v) is 19.3. The molecule has 2 heterocycles. The molecule has 0 saturated carbocycles. The lowest BCUT2D eigenvalue weighted by Gasteiger charge is -2.35. The van der Waals surface area contributed by atoms with Crippen molar-refractivity contribution >= 4 is 17.4 Å². The van der Waals surface area contributed by atoms with Crippen molar-refractivity contribution in [2.45, 2.75) is 13.8 Å². The van der Waals surface area contributed by atoms with Crippen molar-refractivity contribution in [1.82, 2.24) is 9.47 Å². The Labute approximate surface area is 194 Å². The third-order valence-corrected chi connectivity index (χ3v) is 6.26. The highest BCUT2D eigenvalue weighted by Gasteiger charge is 2.23. The van der Waals surface area contributed by atoms with E-state index >= 15 is 0 Å². The molecule has 0 bridgehead atoms. The molecule has 1 amide bonds. The molecular weight excluding hydrogens is 414 g/mol. The molecule has 3 aromatic rings. The van der Waals surface area contributed by atoms with Crippen LogP contribution < -0.4 is 15.0 Å². The Kier molecular flexibility index (Phi) is 6.66. The Morgan fingerprint density at radius 1 is 1.03 bits per heavy atom. The number of carbonyl (C=O) groups excluding carboxylic acids is 1. The predicted octanol–water partition coefficient (Wildman–Crippen LogP) is 3.74. The van der Waals surface area contributed by atoms with E-state index in [-0.39, 0.29) is 12.5 Å². The highest BCUT2D eigenvalue weighted by Crippen LogP contribution is 2.30. The fourth-order valence-electron chi connectivity index (χ4n) is 4.31. The number of nitrogens with one attached hydrogen (secondary N) is 1. The third kappa shape index (κ3) is 4.71. The lowest BCUT2D eigenvalue weighted by Crippen LogP contribution is -2.48. The second-order valence-corrected chi connectivity index (χ2v) is 8.23. The van der Waals surface area contributed by atoms with Crippen LogP contribution in [0.15, 0.2) is 54.6 Å². The number of piperazine rings is 1. The zero-order valence-electron chi connectivity index (χ0n) is 19.3. The van der Waals surface area contributed by atoms with Gasteiger partial charge in [-0.3, -0.25) is 14.3 Å². The number of anilines is 2. The number of para-hydroxylation sites is 1. The number of amides is 1. The molecule has 33 heavy (non-hydrogen) atoms. The van der Waals surface area contributed by atoms with Crippen molar-refractivity contribution < 1.29 is 9.53 Å². The topological polar surface area (TPSA) is 73.5 Å². The van der Waals surface area contributed by atoms with E-state index in [1.807, 2.05) is 66.9 Å². The fraction of sp³-hybridized carbons (Fsp3) is 0.308. The Balaban J connectivity index is 1.44. The molecule has 170 valence electrons. The maximum absolute atomic E-state index is 13.0. The summed E-state index contributed by atoms with van der Waals surface area (Å²) in [6.07, 6.45) is 0. The molecule has 7 heteroatoms. The second kappa shape index (κ2) is 9.80. The summed E-state index contributed by atoms with van der Waals surface area (Å²) in [4.78, 5) is 17.4. The average Bonchev–Trinajstić information content (AvgIpc) is 3.08. The molecular formula is C26H29N5O2. The molecule has 1 aliphatic heterocycles. The SMILES string of the molecule is COc1cccc(N2CCN(CC(=O)Nc3c(C#N)c(C)c(C)n3-c3ccccc3)CC2)c1. The van der Waals surface area contributed by atoms with Gasteiger partial charge in [0, 0.05) is 49.3 Å². The smallest absolute Gasteiger partial charge is 0.239 e. The highest BCUT2D eigenvalue weighted by molar-refractivity contribution is 5.93. The van der Waals surface area contributed by atoms with E-state index in [4.69, 9.17) is 4.74 Å². The van der Waals surface area contributed by atoms with Gasteiger partial charge in [-0.15, -0.1) is 0 Å². The van der Waals surface area contributed by atoms with E-state index in [0.29, 0.717) is 11.4 Å². The van der Waals surface area contributed by atoms with Crippen LogP contribution in [-0.2, 0) is 4.79 Å². The van der Waals surface area contributed by atoms with Crippen molar-refractivity contribution in [3.63, 3.8) is 0 Å². The summed E-state index contributed by atoms with van der Waals surface area (Å²) < 4.78 is 7.28. The van der Waals surface area contributed by atoms with Gasteiger partial charge in [-0.05, 0) is 43.7 Å². The van der Waals surface area contributed by atoms with Crippen molar-refractivity contribution in [3.8, 4) is 17.5 Å². The van der Waals surface area contributed by atoms with Gasteiger partial charge in [-0.25, -0.2) is 0 Å². The van der Waals surface area contributed by atoms with Crippen LogP contribution in [0.5, 0.6) is 5.75 Å². The molecule has 0 spiro atoms. The minimum absolute atomic E-state index is 0.115. The number of aromatic nitrogens is 1. The molecule has 1 aromatic heterocycles. The quantitative estimate of drug-likeness (QED) is 0.628. The van der Waals surface area contributed by atoms with Crippen LogP contribution >= 0.6 is 0 Å². The molecule has 4 rings (SSSR count). The van der Waals surface area contributed by atoms with Gasteiger partial charge in [0.1, 0.15) is 17.6 Å². The molecule has 1 aliphatic rings. The van der Waals surface area contributed by atoms with Gasteiger partial charge in [0.2, 0.25) is 5.91 Å². The van der Waals surface area contributed by atoms with Crippen LogP contribution in [0.2, 0.25) is 0 Å². The lowest BCUT2D eigenvalue weighted by atomic mass is 10.2. The second-order valence-electron chi connectivity index (χ2n) is 8.23. The van der Waals surface area contributed by atoms with Crippen LogP contribution in [-0.4, -0.2) is 55.2 Å². The van der Waals surface area contributed by atoms with Gasteiger partial charge in [-0.1, -0.05) is 24.3 Å². The van der Waals surface area contributed by atoms with Crippen LogP contribution in [0.3, 0.4) is 0 Å². The van der Waals surface area contributed by atoms with Gasteiger partial charge >= 0.3 is 0 Å². The van der Waals surface area contributed by atoms with Gasteiger partial charge < -0.3 is 15.0 Å². The maximum Gasteiger partial charge on any atom is 0.239 e. The minimum Gasteiger partial charge on any atom is -0.497 e. The molecule has 0 unspecified atom stereocenters. The van der Waals surface area contributed by atoms with Gasteiger partial charge in [0.05, 0.1) is 19.2 Å². The molecule has 1 N–H and O–H groups in total. The number of methoxy groups -OCH3 is 1. The molecule has 0 atom stereocenters. The summed E-state index contributed by atoms with van der Waals surface area (Å²) in [5.74, 6) is 1.27. The number of benzene rings is 2. The first-order chi connectivity index (χ1) is 16.0. The highest BCUT2D eigenvalue weighted by atomic mass is 16.5. The molecule has 1 saturated heterocycles. The van der Waals surface area contributed by atoms with Crippen molar-refractivity contribution in [1.29, 1.82) is 5.26 Å². The summed E-state index contributed by atoms with van der Waals surface area (Å²) in [5.41, 5.74) is 4.38. The summed E-state index contributed by atoms with van der Waals surface area (Å²) in [6.45, 7) is 7.41. The van der Waals surface area contributed by atoms with Crippen molar-refractivity contribution in [2.24, 2.45) is 0 Å². The number of hydrogen-bond donors (Lipinski definition) is 1. The maximum atomic E-state index is 13.0. The number of nitriles is 1. The fourth-order valence-corrected chi connectivity index (χ4v) is 4.31. The first-order valence-electron chi connectivity index (χ1n) is 11.1. The van der Waals surface area contributed by atoms with E-state index in [9.17, 15) is 10.1 Å². The molecule has 2 aromatic carbocycles. The number of rotatable bonds is 6. The number of ether oxygens (including phenoxy) is 1. The minimum atomic E-state index is -0.115. The lowest BCUT2D eigenvalue weighted by molar-refractivity contribution is -0.117. The Morgan fingerprint density at radius 3 is 2.39 bits per heavy atom.